The number of ether oxygens (including phenoxy) is 2. The van der Waals surface area contributed by atoms with Gasteiger partial charge in [0.15, 0.2) is 0 Å². The van der Waals surface area contributed by atoms with Crippen LogP contribution in [0.2, 0.25) is 0 Å². The summed E-state index contributed by atoms with van der Waals surface area (Å²) in [5, 5.41) is 2.94. The Bertz CT molecular complexity index is 782. The molecule has 1 aliphatic rings. The molecule has 1 unspecified atom stereocenters. The summed E-state index contributed by atoms with van der Waals surface area (Å²) >= 11 is 1.58. The zero-order valence-corrected chi connectivity index (χ0v) is 16.5. The van der Waals surface area contributed by atoms with E-state index in [0.717, 1.165) is 35.7 Å². The predicted octanol–water partition coefficient (Wildman–Crippen LogP) is 3.30. The van der Waals surface area contributed by atoms with Crippen LogP contribution < -0.4 is 0 Å². The summed E-state index contributed by atoms with van der Waals surface area (Å²) in [5.74, 6) is -0.425. The molecular weight excluding hydrogens is 364 g/mol. The quantitative estimate of drug-likeness (QED) is 0.681. The molecule has 1 amide bonds. The van der Waals surface area contributed by atoms with Crippen LogP contribution in [0.1, 0.15) is 35.3 Å². The van der Waals surface area contributed by atoms with Gasteiger partial charge in [0.1, 0.15) is 5.01 Å². The van der Waals surface area contributed by atoms with Crippen molar-refractivity contribution < 1.29 is 19.1 Å². The summed E-state index contributed by atoms with van der Waals surface area (Å²) in [6.45, 7) is 3.50. The number of rotatable bonds is 7. The minimum Gasteiger partial charge on any atom is -0.469 e. The van der Waals surface area contributed by atoms with Crippen LogP contribution in [0.25, 0.3) is 10.6 Å². The molecule has 0 N–H and O–H groups in total. The average Bonchev–Trinajstić information content (AvgIpc) is 3.36. The van der Waals surface area contributed by atoms with Gasteiger partial charge in [0, 0.05) is 41.9 Å². The van der Waals surface area contributed by atoms with Gasteiger partial charge in [0.25, 0.3) is 5.91 Å². The van der Waals surface area contributed by atoms with Crippen molar-refractivity contribution in [1.29, 1.82) is 0 Å². The summed E-state index contributed by atoms with van der Waals surface area (Å²) in [7, 11) is 1.35. The number of carbonyl (C=O) groups excluding carboxylic acids is 2. The van der Waals surface area contributed by atoms with Gasteiger partial charge in [-0.3, -0.25) is 9.59 Å². The average molecular weight is 388 g/mol. The van der Waals surface area contributed by atoms with Gasteiger partial charge in [-0.1, -0.05) is 12.1 Å². The van der Waals surface area contributed by atoms with Gasteiger partial charge >= 0.3 is 5.97 Å². The summed E-state index contributed by atoms with van der Waals surface area (Å²) in [6.07, 6.45) is 2.14. The highest BCUT2D eigenvalue weighted by Crippen LogP contribution is 2.24. The van der Waals surface area contributed by atoms with Crippen molar-refractivity contribution >= 4 is 23.2 Å². The highest BCUT2D eigenvalue weighted by molar-refractivity contribution is 7.13. The van der Waals surface area contributed by atoms with Crippen LogP contribution in [0.3, 0.4) is 0 Å². The van der Waals surface area contributed by atoms with Crippen molar-refractivity contribution in [2.75, 3.05) is 26.8 Å². The molecule has 2 aromatic rings. The van der Waals surface area contributed by atoms with Crippen molar-refractivity contribution in [3.8, 4) is 10.6 Å². The molecule has 7 heteroatoms. The van der Waals surface area contributed by atoms with Crippen molar-refractivity contribution in [3.63, 3.8) is 0 Å². The predicted molar refractivity (Wildman–Crippen MR) is 104 cm³/mol. The highest BCUT2D eigenvalue weighted by atomic mass is 32.1. The minimum atomic E-state index is -0.324. The Balaban J connectivity index is 1.72. The molecule has 0 bridgehead atoms. The van der Waals surface area contributed by atoms with E-state index in [2.05, 4.69) is 4.98 Å². The van der Waals surface area contributed by atoms with Crippen molar-refractivity contribution in [3.05, 3.63) is 40.9 Å². The SMILES string of the molecule is COC(=O)CCN(CC1CCCO1)C(=O)c1ccc(-c2nc(C)cs2)cc1. The van der Waals surface area contributed by atoms with Crippen LogP contribution in [0.5, 0.6) is 0 Å². The van der Waals surface area contributed by atoms with Gasteiger partial charge in [0.05, 0.1) is 19.6 Å². The maximum absolute atomic E-state index is 13.0. The van der Waals surface area contributed by atoms with Crippen LogP contribution in [0.4, 0.5) is 0 Å². The molecule has 1 atom stereocenters. The zero-order chi connectivity index (χ0) is 19.2. The minimum absolute atomic E-state index is 0.0316. The van der Waals surface area contributed by atoms with Crippen LogP contribution in [0, 0.1) is 6.92 Å². The van der Waals surface area contributed by atoms with E-state index in [1.54, 1.807) is 16.2 Å². The van der Waals surface area contributed by atoms with E-state index in [1.807, 2.05) is 36.6 Å². The van der Waals surface area contributed by atoms with Crippen molar-refractivity contribution in [2.45, 2.75) is 32.3 Å². The maximum Gasteiger partial charge on any atom is 0.307 e. The maximum atomic E-state index is 13.0. The molecule has 144 valence electrons. The Labute approximate surface area is 163 Å². The summed E-state index contributed by atoms with van der Waals surface area (Å²) in [4.78, 5) is 30.7. The topological polar surface area (TPSA) is 68.7 Å². The van der Waals surface area contributed by atoms with E-state index in [0.29, 0.717) is 18.7 Å². The lowest BCUT2D eigenvalue weighted by atomic mass is 10.1. The molecule has 1 aromatic heterocycles. The number of methoxy groups -OCH3 is 1. The van der Waals surface area contributed by atoms with Gasteiger partial charge < -0.3 is 14.4 Å². The number of hydrogen-bond donors (Lipinski definition) is 0. The van der Waals surface area contributed by atoms with Crippen LogP contribution in [-0.2, 0) is 14.3 Å². The van der Waals surface area contributed by atoms with E-state index in [-0.39, 0.29) is 24.4 Å². The van der Waals surface area contributed by atoms with E-state index in [9.17, 15) is 9.59 Å². The summed E-state index contributed by atoms with van der Waals surface area (Å²) in [6, 6.07) is 7.45. The molecule has 0 aliphatic carbocycles. The first kappa shape index (κ1) is 19.5. The number of nitrogens with zero attached hydrogens (tertiary/aromatic N) is 2. The summed E-state index contributed by atoms with van der Waals surface area (Å²) < 4.78 is 10.4. The molecule has 0 radical (unpaired) electrons. The Morgan fingerprint density at radius 3 is 2.70 bits per heavy atom. The Kier molecular flexibility index (Phi) is 6.58. The lowest BCUT2D eigenvalue weighted by molar-refractivity contribution is -0.140. The molecular formula is C20H24N2O4S. The smallest absolute Gasteiger partial charge is 0.307 e. The number of thiazole rings is 1. The van der Waals surface area contributed by atoms with E-state index >= 15 is 0 Å². The molecule has 0 saturated carbocycles. The van der Waals surface area contributed by atoms with Crippen molar-refractivity contribution in [1.82, 2.24) is 9.88 Å². The van der Waals surface area contributed by atoms with Gasteiger partial charge in [-0.05, 0) is 31.9 Å². The number of esters is 1. The largest absolute Gasteiger partial charge is 0.469 e. The van der Waals surface area contributed by atoms with Gasteiger partial charge in [-0.15, -0.1) is 11.3 Å². The molecule has 27 heavy (non-hydrogen) atoms. The lowest BCUT2D eigenvalue weighted by Gasteiger charge is -2.25. The van der Waals surface area contributed by atoms with E-state index in [1.165, 1.54) is 7.11 Å². The fourth-order valence-corrected chi connectivity index (χ4v) is 3.87. The number of aryl methyl sites for hydroxylation is 1. The van der Waals surface area contributed by atoms with Crippen LogP contribution >= 0.6 is 11.3 Å². The third-order valence-electron chi connectivity index (χ3n) is 4.55. The molecule has 1 aliphatic heterocycles. The first-order chi connectivity index (χ1) is 13.1. The second-order valence-electron chi connectivity index (χ2n) is 6.58. The Hall–Kier alpha value is -2.25. The van der Waals surface area contributed by atoms with Crippen LogP contribution in [-0.4, -0.2) is 54.7 Å². The highest BCUT2D eigenvalue weighted by Gasteiger charge is 2.24. The standard InChI is InChI=1S/C20H24N2O4S/c1-14-13-27-19(21-14)15-5-7-16(8-6-15)20(24)22(10-9-18(23)25-2)12-17-4-3-11-26-17/h5-8,13,17H,3-4,9-12H2,1-2H3. The normalized spacial score (nSPS) is 16.3. The Morgan fingerprint density at radius 2 is 2.11 bits per heavy atom. The molecule has 1 aromatic carbocycles. The lowest BCUT2D eigenvalue weighted by Crippen LogP contribution is -2.38. The fourth-order valence-electron chi connectivity index (χ4n) is 3.06. The monoisotopic (exact) mass is 388 g/mol. The molecule has 0 spiro atoms. The molecule has 6 nitrogen and oxygen atoms in total. The third-order valence-corrected chi connectivity index (χ3v) is 5.56. The second-order valence-corrected chi connectivity index (χ2v) is 7.44. The third kappa shape index (κ3) is 5.14. The first-order valence-electron chi connectivity index (χ1n) is 9.07. The number of aromatic nitrogens is 1. The molecule has 1 fully saturated rings. The molecule has 1 saturated heterocycles. The molecule has 2 heterocycles. The first-order valence-corrected chi connectivity index (χ1v) is 9.95. The van der Waals surface area contributed by atoms with Crippen LogP contribution in [0.15, 0.2) is 29.6 Å². The fraction of sp³-hybridized carbons (Fsp3) is 0.450. The van der Waals surface area contributed by atoms with E-state index < -0.39 is 0 Å². The van der Waals surface area contributed by atoms with Gasteiger partial charge in [0.2, 0.25) is 0 Å². The Morgan fingerprint density at radius 1 is 1.33 bits per heavy atom. The number of carbonyl (C=O) groups is 2. The second kappa shape index (κ2) is 9.10. The molecule has 3 rings (SSSR count). The number of hydrogen-bond acceptors (Lipinski definition) is 6. The number of amides is 1. The van der Waals surface area contributed by atoms with Gasteiger partial charge in [-0.2, -0.15) is 0 Å². The zero-order valence-electron chi connectivity index (χ0n) is 15.6. The summed E-state index contributed by atoms with van der Waals surface area (Å²) in [5.41, 5.74) is 2.57. The van der Waals surface area contributed by atoms with Crippen molar-refractivity contribution in [2.24, 2.45) is 0 Å². The number of benzene rings is 1. The van der Waals surface area contributed by atoms with E-state index in [4.69, 9.17) is 9.47 Å². The van der Waals surface area contributed by atoms with Gasteiger partial charge in [-0.25, -0.2) is 4.98 Å².